The molecule has 0 aliphatic heterocycles. The van der Waals surface area contributed by atoms with Gasteiger partial charge in [0.2, 0.25) is 5.95 Å². The van der Waals surface area contributed by atoms with Crippen molar-refractivity contribution in [1.82, 2.24) is 15.0 Å². The molecule has 0 bridgehead atoms. The zero-order chi connectivity index (χ0) is 22.4. The van der Waals surface area contributed by atoms with Gasteiger partial charge in [0.15, 0.2) is 6.61 Å². The first-order chi connectivity index (χ1) is 13.8. The van der Waals surface area contributed by atoms with Crippen molar-refractivity contribution in [3.63, 3.8) is 0 Å². The lowest BCUT2D eigenvalue weighted by molar-refractivity contribution is -0.364. The molecule has 1 aromatic heterocycles. The second-order valence-electron chi connectivity index (χ2n) is 4.70. The Morgan fingerprint density at radius 1 is 1.00 bits per heavy atom. The van der Waals surface area contributed by atoms with Gasteiger partial charge in [0.25, 0.3) is 11.9 Å². The van der Waals surface area contributed by atoms with Crippen LogP contribution in [-0.4, -0.2) is 83.2 Å². The Balaban J connectivity index is 0.000000555. The van der Waals surface area contributed by atoms with Crippen molar-refractivity contribution in [2.45, 2.75) is 5.97 Å². The van der Waals surface area contributed by atoms with Crippen LogP contribution in [0.4, 0.5) is 17.8 Å². The molecular formula is C15H28N6O8. The molecule has 0 amide bonds. The van der Waals surface area contributed by atoms with Gasteiger partial charge < -0.3 is 24.7 Å². The fourth-order valence-electron chi connectivity index (χ4n) is 1.56. The normalized spacial score (nSPS) is 10.6. The van der Waals surface area contributed by atoms with E-state index < -0.39 is 11.9 Å². The standard InChI is InChI=1S/C8H14O5.C7H14N6O3/c1-5-7(9)13-6-8(10-2,11-3)12-4;1-12(14-2)6-9-5(8)10-7(11-6)13(15-3)16-4/h5H,1,6H2,2-4H3;1-4H3,(H2,8,9,10,11). The van der Waals surface area contributed by atoms with Crippen molar-refractivity contribution < 1.29 is 38.3 Å². The van der Waals surface area contributed by atoms with Gasteiger partial charge in [0.1, 0.15) is 0 Å². The zero-order valence-corrected chi connectivity index (χ0v) is 17.6. The molecule has 0 saturated carbocycles. The molecule has 166 valence electrons. The topological polar surface area (TPSA) is 153 Å². The summed E-state index contributed by atoms with van der Waals surface area (Å²) >= 11 is 0. The van der Waals surface area contributed by atoms with Gasteiger partial charge in [0.05, 0.1) is 21.3 Å². The van der Waals surface area contributed by atoms with E-state index in [0.717, 1.165) is 11.3 Å². The molecular weight excluding hydrogens is 392 g/mol. The van der Waals surface area contributed by atoms with Gasteiger partial charge in [-0.15, -0.1) is 0 Å². The Kier molecular flexibility index (Phi) is 12.3. The van der Waals surface area contributed by atoms with Gasteiger partial charge in [-0.1, -0.05) is 11.8 Å². The fraction of sp³-hybridized carbons (Fsp3) is 0.600. The summed E-state index contributed by atoms with van der Waals surface area (Å²) in [5, 5.41) is 2.32. The third-order valence-corrected chi connectivity index (χ3v) is 3.17. The zero-order valence-electron chi connectivity index (χ0n) is 17.6. The number of aromatic nitrogens is 3. The van der Waals surface area contributed by atoms with Crippen molar-refractivity contribution in [2.75, 3.05) is 72.3 Å². The number of nitrogen functional groups attached to an aromatic ring is 1. The molecule has 29 heavy (non-hydrogen) atoms. The number of carbonyl (C=O) groups excluding carboxylic acids is 1. The third-order valence-electron chi connectivity index (χ3n) is 3.17. The average Bonchev–Trinajstić information content (AvgIpc) is 2.75. The molecule has 1 rings (SSSR count). The highest BCUT2D eigenvalue weighted by atomic mass is 16.9. The van der Waals surface area contributed by atoms with E-state index in [4.69, 9.17) is 39.2 Å². The van der Waals surface area contributed by atoms with Crippen LogP contribution in [0.5, 0.6) is 0 Å². The summed E-state index contributed by atoms with van der Waals surface area (Å²) < 4.78 is 19.3. The summed E-state index contributed by atoms with van der Waals surface area (Å²) in [6.07, 6.45) is 1.05. The van der Waals surface area contributed by atoms with Crippen molar-refractivity contribution in [3.8, 4) is 0 Å². The molecule has 14 heteroatoms. The molecule has 0 aromatic carbocycles. The van der Waals surface area contributed by atoms with E-state index >= 15 is 0 Å². The van der Waals surface area contributed by atoms with Gasteiger partial charge in [-0.25, -0.2) is 19.5 Å². The number of ether oxygens (including phenoxy) is 4. The number of anilines is 3. The monoisotopic (exact) mass is 420 g/mol. The van der Waals surface area contributed by atoms with Gasteiger partial charge in [-0.2, -0.15) is 15.0 Å². The van der Waals surface area contributed by atoms with E-state index in [1.807, 2.05) is 0 Å². The van der Waals surface area contributed by atoms with E-state index in [0.29, 0.717) is 0 Å². The molecule has 0 saturated heterocycles. The van der Waals surface area contributed by atoms with Crippen LogP contribution in [0.1, 0.15) is 0 Å². The Labute approximate surface area is 168 Å². The number of esters is 1. The van der Waals surface area contributed by atoms with Gasteiger partial charge in [-0.05, 0) is 0 Å². The van der Waals surface area contributed by atoms with Crippen LogP contribution in [0.3, 0.4) is 0 Å². The lowest BCUT2D eigenvalue weighted by atomic mass is 10.5. The van der Waals surface area contributed by atoms with Crippen LogP contribution < -0.4 is 16.0 Å². The predicted molar refractivity (Wildman–Crippen MR) is 101 cm³/mol. The Bertz CT molecular complexity index is 619. The van der Waals surface area contributed by atoms with Crippen LogP contribution in [-0.2, 0) is 38.3 Å². The van der Waals surface area contributed by atoms with E-state index in [2.05, 4.69) is 21.5 Å². The molecule has 0 spiro atoms. The van der Waals surface area contributed by atoms with Crippen LogP contribution in [0.2, 0.25) is 0 Å². The van der Waals surface area contributed by atoms with E-state index in [-0.39, 0.29) is 24.5 Å². The van der Waals surface area contributed by atoms with Crippen LogP contribution in [0, 0.1) is 0 Å². The highest BCUT2D eigenvalue weighted by Gasteiger charge is 2.31. The first-order valence-corrected chi connectivity index (χ1v) is 7.88. The molecule has 0 aliphatic carbocycles. The molecule has 0 radical (unpaired) electrons. The van der Waals surface area contributed by atoms with Gasteiger partial charge in [0, 0.05) is 34.5 Å². The quantitative estimate of drug-likeness (QED) is 0.215. The van der Waals surface area contributed by atoms with Gasteiger partial charge >= 0.3 is 11.9 Å². The lowest BCUT2D eigenvalue weighted by Crippen LogP contribution is -2.41. The minimum Gasteiger partial charge on any atom is -0.454 e. The van der Waals surface area contributed by atoms with E-state index in [1.165, 1.54) is 47.7 Å². The Hall–Kier alpha value is -2.62. The summed E-state index contributed by atoms with van der Waals surface area (Å²) in [6, 6.07) is 0. The van der Waals surface area contributed by atoms with Crippen molar-refractivity contribution in [3.05, 3.63) is 12.7 Å². The summed E-state index contributed by atoms with van der Waals surface area (Å²) in [6.45, 7) is 3.09. The van der Waals surface area contributed by atoms with Gasteiger partial charge in [-0.3, -0.25) is 4.84 Å². The number of hydrogen-bond acceptors (Lipinski definition) is 14. The summed E-state index contributed by atoms with van der Waals surface area (Å²) in [7, 11) is 10.1. The number of rotatable bonds is 11. The second kappa shape index (κ2) is 13.5. The maximum atomic E-state index is 10.7. The molecule has 2 N–H and O–H groups in total. The number of carbonyl (C=O) groups is 1. The highest BCUT2D eigenvalue weighted by molar-refractivity contribution is 5.81. The first kappa shape index (κ1) is 26.4. The molecule has 0 fully saturated rings. The van der Waals surface area contributed by atoms with Crippen LogP contribution in [0.15, 0.2) is 12.7 Å². The second-order valence-corrected chi connectivity index (χ2v) is 4.70. The number of methoxy groups -OCH3 is 3. The van der Waals surface area contributed by atoms with Crippen molar-refractivity contribution >= 4 is 23.8 Å². The molecule has 0 unspecified atom stereocenters. The maximum Gasteiger partial charge on any atom is 0.330 e. The number of hydroxylamine groups is 1. The molecule has 1 aromatic rings. The van der Waals surface area contributed by atoms with Crippen molar-refractivity contribution in [1.29, 1.82) is 0 Å². The molecule has 0 aliphatic rings. The first-order valence-electron chi connectivity index (χ1n) is 7.88. The molecule has 14 nitrogen and oxygen atoms in total. The Morgan fingerprint density at radius 2 is 1.52 bits per heavy atom. The third kappa shape index (κ3) is 8.51. The number of hydrogen-bond donors (Lipinski definition) is 1. The van der Waals surface area contributed by atoms with Crippen molar-refractivity contribution in [2.24, 2.45) is 0 Å². The van der Waals surface area contributed by atoms with Crippen LogP contribution >= 0.6 is 0 Å². The lowest BCUT2D eigenvalue weighted by Gasteiger charge is -2.27. The number of nitrogens with zero attached hydrogens (tertiary/aromatic N) is 5. The largest absolute Gasteiger partial charge is 0.454 e. The molecule has 1 heterocycles. The van der Waals surface area contributed by atoms with E-state index in [9.17, 15) is 4.79 Å². The van der Waals surface area contributed by atoms with Crippen LogP contribution in [0.25, 0.3) is 0 Å². The maximum absolute atomic E-state index is 10.7. The fourth-order valence-corrected chi connectivity index (χ4v) is 1.56. The summed E-state index contributed by atoms with van der Waals surface area (Å²) in [5.74, 6) is -1.50. The smallest absolute Gasteiger partial charge is 0.330 e. The minimum atomic E-state index is -1.33. The average molecular weight is 420 g/mol. The predicted octanol–water partition coefficient (Wildman–Crippen LogP) is -0.311. The minimum absolute atomic E-state index is 0.0306. The molecule has 0 atom stereocenters. The number of nitrogens with two attached hydrogens (primary N) is 1. The van der Waals surface area contributed by atoms with E-state index in [1.54, 1.807) is 7.05 Å². The SMILES string of the molecule is C=CC(=O)OCC(OC)(OC)OC.CON(C)c1nc(N)nc(N(OC)OC)n1. The summed E-state index contributed by atoms with van der Waals surface area (Å²) in [4.78, 5) is 37.1. The Morgan fingerprint density at radius 3 is 1.93 bits per heavy atom. The highest BCUT2D eigenvalue weighted by Crippen LogP contribution is 2.14. The summed E-state index contributed by atoms with van der Waals surface area (Å²) in [5.41, 5.74) is 5.52.